The van der Waals surface area contributed by atoms with Crippen molar-refractivity contribution >= 4 is 0 Å². The van der Waals surface area contributed by atoms with Crippen LogP contribution in [0.5, 0.6) is 0 Å². The Morgan fingerprint density at radius 3 is 2.67 bits per heavy atom. The molecule has 4 nitrogen and oxygen atoms in total. The molecule has 0 unspecified atom stereocenters. The van der Waals surface area contributed by atoms with Crippen LogP contribution in [0.25, 0.3) is 11.5 Å². The van der Waals surface area contributed by atoms with Gasteiger partial charge in [-0.3, -0.25) is 0 Å². The smallest absolute Gasteiger partial charge is 0.226 e. The first-order valence-electron chi connectivity index (χ1n) is 7.59. The Morgan fingerprint density at radius 2 is 1.95 bits per heavy atom. The summed E-state index contributed by atoms with van der Waals surface area (Å²) in [6.07, 6.45) is 5.72. The molecule has 4 heteroatoms. The van der Waals surface area contributed by atoms with Gasteiger partial charge in [-0.1, -0.05) is 30.5 Å². The Labute approximate surface area is 125 Å². The van der Waals surface area contributed by atoms with E-state index in [1.165, 1.54) is 5.56 Å². The first kappa shape index (κ1) is 14.3. The molecule has 112 valence electrons. The normalized spacial score (nSPS) is 17.2. The van der Waals surface area contributed by atoms with Crippen molar-refractivity contribution in [3.8, 4) is 11.5 Å². The zero-order chi connectivity index (χ0) is 14.7. The van der Waals surface area contributed by atoms with Crippen LogP contribution in [0.15, 0.2) is 34.9 Å². The monoisotopic (exact) mass is 286 g/mol. The molecule has 1 aliphatic rings. The number of aromatic nitrogens is 1. The summed E-state index contributed by atoms with van der Waals surface area (Å²) < 4.78 is 5.52. The maximum Gasteiger partial charge on any atom is 0.226 e. The Morgan fingerprint density at radius 1 is 1.24 bits per heavy atom. The third-order valence-electron chi connectivity index (χ3n) is 4.14. The van der Waals surface area contributed by atoms with E-state index in [0.29, 0.717) is 19.0 Å². The molecule has 1 saturated carbocycles. The summed E-state index contributed by atoms with van der Waals surface area (Å²) in [5, 5.41) is 13.6. The van der Waals surface area contributed by atoms with Crippen LogP contribution in [0.3, 0.4) is 0 Å². The van der Waals surface area contributed by atoms with E-state index in [0.717, 1.165) is 36.9 Å². The highest BCUT2D eigenvalue weighted by atomic mass is 16.3. The Balaban J connectivity index is 1.56. The van der Waals surface area contributed by atoms with E-state index in [2.05, 4.69) is 17.2 Å². The molecule has 1 aromatic carbocycles. The number of benzene rings is 1. The molecule has 21 heavy (non-hydrogen) atoms. The van der Waals surface area contributed by atoms with Crippen molar-refractivity contribution in [1.29, 1.82) is 0 Å². The number of aliphatic hydroxyl groups is 1. The number of rotatable bonds is 5. The Bertz CT molecular complexity index is 583. The molecule has 1 heterocycles. The maximum absolute atomic E-state index is 10.3. The molecule has 0 bridgehead atoms. The molecular formula is C17H22N2O2. The van der Waals surface area contributed by atoms with Gasteiger partial charge in [-0.2, -0.15) is 0 Å². The second-order valence-electron chi connectivity index (χ2n) is 6.05. The van der Waals surface area contributed by atoms with Crippen LogP contribution >= 0.6 is 0 Å². The molecule has 0 radical (unpaired) electrons. The fourth-order valence-electron chi connectivity index (χ4n) is 2.85. The van der Waals surface area contributed by atoms with Crippen LogP contribution in [-0.4, -0.2) is 22.2 Å². The summed E-state index contributed by atoms with van der Waals surface area (Å²) in [5.74, 6) is 0.645. The van der Waals surface area contributed by atoms with Crippen molar-refractivity contribution in [3.63, 3.8) is 0 Å². The molecule has 2 aromatic rings. The molecule has 1 fully saturated rings. The third-order valence-corrected chi connectivity index (χ3v) is 4.14. The molecule has 1 aromatic heterocycles. The lowest BCUT2D eigenvalue weighted by Gasteiger charge is -2.21. The first-order valence-corrected chi connectivity index (χ1v) is 7.59. The highest BCUT2D eigenvalue weighted by Crippen LogP contribution is 2.28. The maximum atomic E-state index is 10.3. The van der Waals surface area contributed by atoms with Gasteiger partial charge in [0, 0.05) is 18.7 Å². The summed E-state index contributed by atoms with van der Waals surface area (Å²) in [6.45, 7) is 3.31. The van der Waals surface area contributed by atoms with Gasteiger partial charge >= 0.3 is 0 Å². The molecule has 0 amide bonds. The van der Waals surface area contributed by atoms with Gasteiger partial charge in [0.1, 0.15) is 6.26 Å². The lowest BCUT2D eigenvalue weighted by Crippen LogP contribution is -2.37. The average Bonchev–Trinajstić information content (AvgIpc) is 3.10. The Kier molecular flexibility index (Phi) is 4.08. The van der Waals surface area contributed by atoms with Crippen LogP contribution in [0.4, 0.5) is 0 Å². The van der Waals surface area contributed by atoms with Crippen LogP contribution < -0.4 is 5.32 Å². The van der Waals surface area contributed by atoms with Crippen LogP contribution in [0.1, 0.15) is 36.9 Å². The molecule has 0 aliphatic heterocycles. The zero-order valence-corrected chi connectivity index (χ0v) is 12.4. The number of aryl methyl sites for hydroxylation is 1. The van der Waals surface area contributed by atoms with Gasteiger partial charge in [0.2, 0.25) is 5.89 Å². The lowest BCUT2D eigenvalue weighted by atomic mass is 10.0. The van der Waals surface area contributed by atoms with Gasteiger partial charge < -0.3 is 14.8 Å². The van der Waals surface area contributed by atoms with Gasteiger partial charge in [-0.25, -0.2) is 4.98 Å². The van der Waals surface area contributed by atoms with E-state index in [-0.39, 0.29) is 0 Å². The van der Waals surface area contributed by atoms with E-state index >= 15 is 0 Å². The molecule has 0 spiro atoms. The standard InChI is InChI=1S/C17H22N2O2/c1-13-4-6-14(7-5-13)16-19-15(11-21-16)10-18-12-17(20)8-2-3-9-17/h4-7,11,18,20H,2-3,8-10,12H2,1H3. The van der Waals surface area contributed by atoms with Crippen molar-refractivity contribution in [1.82, 2.24) is 10.3 Å². The summed E-state index contributed by atoms with van der Waals surface area (Å²) >= 11 is 0. The molecular weight excluding hydrogens is 264 g/mol. The zero-order valence-electron chi connectivity index (χ0n) is 12.4. The molecule has 2 N–H and O–H groups in total. The quantitative estimate of drug-likeness (QED) is 0.887. The van der Waals surface area contributed by atoms with Gasteiger partial charge in [0.25, 0.3) is 0 Å². The van der Waals surface area contributed by atoms with Crippen LogP contribution in [-0.2, 0) is 6.54 Å². The van der Waals surface area contributed by atoms with E-state index in [1.807, 2.05) is 24.3 Å². The van der Waals surface area contributed by atoms with Crippen LogP contribution in [0.2, 0.25) is 0 Å². The second-order valence-corrected chi connectivity index (χ2v) is 6.05. The predicted molar refractivity (Wildman–Crippen MR) is 81.8 cm³/mol. The SMILES string of the molecule is Cc1ccc(-c2nc(CNCC3(O)CCCC3)co2)cc1. The second kappa shape index (κ2) is 6.00. The number of nitrogens with one attached hydrogen (secondary N) is 1. The van der Waals surface area contributed by atoms with Crippen LogP contribution in [0, 0.1) is 6.92 Å². The van der Waals surface area contributed by atoms with Crippen molar-refractivity contribution < 1.29 is 9.52 Å². The molecule has 0 saturated heterocycles. The predicted octanol–water partition coefficient (Wildman–Crippen LogP) is 3.04. The minimum atomic E-state index is -0.524. The topological polar surface area (TPSA) is 58.3 Å². The van der Waals surface area contributed by atoms with E-state index in [4.69, 9.17) is 4.42 Å². The highest BCUT2D eigenvalue weighted by Gasteiger charge is 2.30. The number of hydrogen-bond donors (Lipinski definition) is 2. The Hall–Kier alpha value is -1.65. The summed E-state index contributed by atoms with van der Waals surface area (Å²) in [5.41, 5.74) is 2.55. The molecule has 3 rings (SSSR count). The third kappa shape index (κ3) is 3.52. The van der Waals surface area contributed by atoms with E-state index < -0.39 is 5.60 Å². The van der Waals surface area contributed by atoms with E-state index in [9.17, 15) is 5.11 Å². The minimum absolute atomic E-state index is 0.524. The minimum Gasteiger partial charge on any atom is -0.444 e. The van der Waals surface area contributed by atoms with Gasteiger partial charge in [-0.15, -0.1) is 0 Å². The lowest BCUT2D eigenvalue weighted by molar-refractivity contribution is 0.0474. The fourth-order valence-corrected chi connectivity index (χ4v) is 2.85. The van der Waals surface area contributed by atoms with Gasteiger partial charge in [0.15, 0.2) is 0 Å². The average molecular weight is 286 g/mol. The largest absolute Gasteiger partial charge is 0.444 e. The first-order chi connectivity index (χ1) is 10.1. The van der Waals surface area contributed by atoms with Gasteiger partial charge in [0.05, 0.1) is 11.3 Å². The highest BCUT2D eigenvalue weighted by molar-refractivity contribution is 5.53. The molecule has 1 aliphatic carbocycles. The van der Waals surface area contributed by atoms with Crippen molar-refractivity contribution in [3.05, 3.63) is 41.8 Å². The van der Waals surface area contributed by atoms with E-state index in [1.54, 1.807) is 6.26 Å². The van der Waals surface area contributed by atoms with Gasteiger partial charge in [-0.05, 0) is 31.9 Å². The number of oxazole rings is 1. The summed E-state index contributed by atoms with van der Waals surface area (Å²) in [6, 6.07) is 8.12. The number of nitrogens with zero attached hydrogens (tertiary/aromatic N) is 1. The van der Waals surface area contributed by atoms with Crippen molar-refractivity contribution in [2.45, 2.75) is 44.8 Å². The van der Waals surface area contributed by atoms with Crippen molar-refractivity contribution in [2.24, 2.45) is 0 Å². The summed E-state index contributed by atoms with van der Waals surface area (Å²) in [7, 11) is 0. The summed E-state index contributed by atoms with van der Waals surface area (Å²) in [4.78, 5) is 4.49. The fraction of sp³-hybridized carbons (Fsp3) is 0.471. The van der Waals surface area contributed by atoms with Crippen molar-refractivity contribution in [2.75, 3.05) is 6.54 Å². The number of hydrogen-bond acceptors (Lipinski definition) is 4. The molecule has 0 atom stereocenters.